The van der Waals surface area contributed by atoms with Gasteiger partial charge in [0.2, 0.25) is 5.91 Å². The van der Waals surface area contributed by atoms with E-state index in [1.54, 1.807) is 25.5 Å². The van der Waals surface area contributed by atoms with Gasteiger partial charge in [-0.2, -0.15) is 18.2 Å². The predicted molar refractivity (Wildman–Crippen MR) is 106 cm³/mol. The molecule has 0 spiro atoms. The molecule has 3 heterocycles. The summed E-state index contributed by atoms with van der Waals surface area (Å²) in [6.07, 6.45) is 1.15. The van der Waals surface area contributed by atoms with Crippen molar-refractivity contribution in [3.8, 4) is 0 Å². The number of nitrogens with zero attached hydrogens (tertiary/aromatic N) is 4. The van der Waals surface area contributed by atoms with Crippen LogP contribution in [0, 0.1) is 17.5 Å². The van der Waals surface area contributed by atoms with Crippen LogP contribution in [0.2, 0.25) is 0 Å². The Kier molecular flexibility index (Phi) is 5.24. The van der Waals surface area contributed by atoms with Crippen LogP contribution in [0.4, 0.5) is 18.9 Å². The summed E-state index contributed by atoms with van der Waals surface area (Å²) in [7, 11) is -3.75. The minimum Gasteiger partial charge on any atom is -0.332 e. The lowest BCUT2D eigenvalue weighted by molar-refractivity contribution is -0.134. The van der Waals surface area contributed by atoms with Gasteiger partial charge in [-0.05, 0) is 38.5 Å². The number of anilines is 1. The number of carbonyl (C=O) groups excluding carboxylic acids is 1. The zero-order valence-corrected chi connectivity index (χ0v) is 18.0. The Hall–Kier alpha value is -2.60. The van der Waals surface area contributed by atoms with Crippen molar-refractivity contribution in [1.29, 1.82) is 0 Å². The van der Waals surface area contributed by atoms with E-state index in [1.165, 1.54) is 15.4 Å². The Morgan fingerprint density at radius 3 is 2.42 bits per heavy atom. The topological polar surface area (TPSA) is 87.5 Å². The van der Waals surface area contributed by atoms with E-state index in [-0.39, 0.29) is 36.7 Å². The van der Waals surface area contributed by atoms with Gasteiger partial charge in [0.25, 0.3) is 0 Å². The van der Waals surface area contributed by atoms with Crippen LogP contribution >= 0.6 is 0 Å². The molecule has 0 saturated carbocycles. The maximum Gasteiger partial charge on any atom is 0.302 e. The maximum atomic E-state index is 13.5. The molecule has 1 fully saturated rings. The molecule has 0 radical (unpaired) electrons. The molecule has 8 nitrogen and oxygen atoms in total. The molecule has 1 unspecified atom stereocenters. The number of halogens is 3. The van der Waals surface area contributed by atoms with Gasteiger partial charge in [-0.3, -0.25) is 9.48 Å². The van der Waals surface area contributed by atoms with E-state index in [1.807, 2.05) is 0 Å². The van der Waals surface area contributed by atoms with E-state index in [4.69, 9.17) is 0 Å². The van der Waals surface area contributed by atoms with Gasteiger partial charge in [-0.15, -0.1) is 0 Å². The fourth-order valence-electron chi connectivity index (χ4n) is 4.05. The van der Waals surface area contributed by atoms with Crippen molar-refractivity contribution in [2.24, 2.45) is 0 Å². The van der Waals surface area contributed by atoms with Crippen LogP contribution in [-0.4, -0.2) is 47.1 Å². The van der Waals surface area contributed by atoms with Crippen LogP contribution in [-0.2, 0) is 34.5 Å². The van der Waals surface area contributed by atoms with E-state index in [0.29, 0.717) is 17.9 Å². The van der Waals surface area contributed by atoms with Gasteiger partial charge in [-0.25, -0.2) is 17.5 Å². The molecular weight excluding hydrogens is 435 g/mol. The van der Waals surface area contributed by atoms with Crippen molar-refractivity contribution in [2.75, 3.05) is 4.31 Å². The minimum atomic E-state index is -3.75. The van der Waals surface area contributed by atoms with E-state index < -0.39 is 33.6 Å². The van der Waals surface area contributed by atoms with Gasteiger partial charge < -0.3 is 4.90 Å². The molecule has 2 aromatic rings. The molecule has 12 heteroatoms. The second kappa shape index (κ2) is 7.52. The summed E-state index contributed by atoms with van der Waals surface area (Å²) < 4.78 is 70.8. The summed E-state index contributed by atoms with van der Waals surface area (Å²) in [5.41, 5.74) is 0.948. The highest BCUT2D eigenvalue weighted by molar-refractivity contribution is 7.91. The third-order valence-electron chi connectivity index (χ3n) is 5.86. The molecule has 1 N–H and O–H groups in total. The average molecular weight is 457 g/mol. The Balaban J connectivity index is 1.61. The van der Waals surface area contributed by atoms with E-state index in [2.05, 4.69) is 9.82 Å². The maximum absolute atomic E-state index is 13.5. The molecule has 1 aromatic heterocycles. The minimum absolute atomic E-state index is 0.0154. The lowest BCUT2D eigenvalue weighted by atomic mass is 10.1. The summed E-state index contributed by atoms with van der Waals surface area (Å²) in [5, 5.41) is 4.29. The molecule has 4 rings (SSSR count). The van der Waals surface area contributed by atoms with Crippen LogP contribution in [0.3, 0.4) is 0 Å². The molecule has 1 aromatic carbocycles. The normalized spacial score (nSPS) is 25.0. The number of nitrogens with one attached hydrogen (secondary N) is 1. The third kappa shape index (κ3) is 3.67. The highest BCUT2D eigenvalue weighted by Gasteiger charge is 2.43. The molecule has 168 valence electrons. The number of aromatic nitrogens is 2. The third-order valence-corrected chi connectivity index (χ3v) is 7.58. The van der Waals surface area contributed by atoms with Crippen LogP contribution in [0.5, 0.6) is 0 Å². The zero-order valence-electron chi connectivity index (χ0n) is 17.1. The molecule has 2 aliphatic heterocycles. The molecular formula is C19H22F3N5O3S. The van der Waals surface area contributed by atoms with Gasteiger partial charge in [0.1, 0.15) is 0 Å². The summed E-state index contributed by atoms with van der Waals surface area (Å²) in [6.45, 7) is 5.75. The molecule has 0 bridgehead atoms. The average Bonchev–Trinajstić information content (AvgIpc) is 3.15. The van der Waals surface area contributed by atoms with Gasteiger partial charge >= 0.3 is 10.2 Å². The number of fused-ring (bicyclic) bond motifs is 1. The van der Waals surface area contributed by atoms with E-state index in [0.717, 1.165) is 12.1 Å². The molecule has 1 amide bonds. The predicted octanol–water partition coefficient (Wildman–Crippen LogP) is 1.71. The SMILES string of the molecule is CC1NS(=O)(=O)N(c2cnn3c2CN(C(=O)Cc2cc(F)c(F)c(F)c2)[C@@H](C)C3)[C@H]1C. The van der Waals surface area contributed by atoms with Crippen molar-refractivity contribution in [3.63, 3.8) is 0 Å². The van der Waals surface area contributed by atoms with Crippen molar-refractivity contribution < 1.29 is 26.4 Å². The first-order valence-corrected chi connectivity index (χ1v) is 11.2. The zero-order chi connectivity index (χ0) is 22.7. The fraction of sp³-hybridized carbons (Fsp3) is 0.474. The summed E-state index contributed by atoms with van der Waals surface area (Å²) in [6, 6.07) is 0.655. The van der Waals surface area contributed by atoms with E-state index in [9.17, 15) is 26.4 Å². The molecule has 3 atom stereocenters. The van der Waals surface area contributed by atoms with Gasteiger partial charge in [0.15, 0.2) is 17.5 Å². The summed E-state index contributed by atoms with van der Waals surface area (Å²) in [5.74, 6) is -4.71. The molecule has 1 saturated heterocycles. The quantitative estimate of drug-likeness (QED) is 0.711. The first-order chi connectivity index (χ1) is 14.5. The molecule has 31 heavy (non-hydrogen) atoms. The highest BCUT2D eigenvalue weighted by atomic mass is 32.2. The molecule has 2 aliphatic rings. The number of carbonyl (C=O) groups is 1. The largest absolute Gasteiger partial charge is 0.332 e. The lowest BCUT2D eigenvalue weighted by Gasteiger charge is -2.35. The van der Waals surface area contributed by atoms with Crippen LogP contribution in [0.25, 0.3) is 0 Å². The lowest BCUT2D eigenvalue weighted by Crippen LogP contribution is -2.46. The Morgan fingerprint density at radius 2 is 1.84 bits per heavy atom. The first-order valence-electron chi connectivity index (χ1n) is 9.79. The second-order valence-corrected chi connectivity index (χ2v) is 9.61. The Bertz CT molecular complexity index is 1130. The van der Waals surface area contributed by atoms with Gasteiger partial charge in [0, 0.05) is 12.1 Å². The van der Waals surface area contributed by atoms with Crippen molar-refractivity contribution in [2.45, 2.75) is 58.4 Å². The Labute approximate surface area is 177 Å². The van der Waals surface area contributed by atoms with E-state index >= 15 is 0 Å². The van der Waals surface area contributed by atoms with Crippen LogP contribution in [0.15, 0.2) is 18.3 Å². The van der Waals surface area contributed by atoms with Gasteiger partial charge in [0.05, 0.1) is 43.1 Å². The first kappa shape index (κ1) is 21.6. The fourth-order valence-corrected chi connectivity index (χ4v) is 5.86. The second-order valence-electron chi connectivity index (χ2n) is 8.03. The van der Waals surface area contributed by atoms with Crippen molar-refractivity contribution in [3.05, 3.63) is 47.0 Å². The molecule has 0 aliphatic carbocycles. The summed E-state index contributed by atoms with van der Waals surface area (Å²) in [4.78, 5) is 14.4. The summed E-state index contributed by atoms with van der Waals surface area (Å²) >= 11 is 0. The van der Waals surface area contributed by atoms with Crippen LogP contribution < -0.4 is 9.03 Å². The standard InChI is InChI=1S/C19H22F3N5O3S/c1-10-8-26-17(16(7-23-26)27-12(3)11(2)24-31(27,29)30)9-25(10)18(28)6-13-4-14(20)19(22)15(21)5-13/h4-5,7,10-12,24H,6,8-9H2,1-3H3/t10-,11?,12-/m0/s1. The van der Waals surface area contributed by atoms with Crippen LogP contribution in [0.1, 0.15) is 32.0 Å². The Morgan fingerprint density at radius 1 is 1.19 bits per heavy atom. The number of rotatable bonds is 3. The van der Waals surface area contributed by atoms with Gasteiger partial charge in [-0.1, -0.05) is 0 Å². The smallest absolute Gasteiger partial charge is 0.302 e. The monoisotopic (exact) mass is 457 g/mol. The number of amides is 1. The van der Waals surface area contributed by atoms with Crippen molar-refractivity contribution >= 4 is 21.8 Å². The number of benzene rings is 1. The van der Waals surface area contributed by atoms with Crippen molar-refractivity contribution in [1.82, 2.24) is 19.4 Å². The highest BCUT2D eigenvalue weighted by Crippen LogP contribution is 2.33. The number of hydrogen-bond acceptors (Lipinski definition) is 4. The number of hydrogen-bond donors (Lipinski definition) is 1.